The molecule has 0 heterocycles. The van der Waals surface area contributed by atoms with E-state index in [-0.39, 0.29) is 11.3 Å². The van der Waals surface area contributed by atoms with Gasteiger partial charge in [0.2, 0.25) is 0 Å². The van der Waals surface area contributed by atoms with Gasteiger partial charge in [0.1, 0.15) is 0 Å². The highest BCUT2D eigenvalue weighted by Crippen LogP contribution is 2.28. The summed E-state index contributed by atoms with van der Waals surface area (Å²) in [6.45, 7) is -0.860. The van der Waals surface area contributed by atoms with Crippen molar-refractivity contribution in [1.29, 1.82) is 0 Å². The van der Waals surface area contributed by atoms with E-state index in [4.69, 9.17) is 0 Å². The van der Waals surface area contributed by atoms with E-state index in [9.17, 15) is 22.0 Å². The fourth-order valence-corrected chi connectivity index (χ4v) is 1.65. The number of halogens is 5. The Kier molecular flexibility index (Phi) is 3.92. The first kappa shape index (κ1) is 14.3. The van der Waals surface area contributed by atoms with Crippen molar-refractivity contribution in [2.24, 2.45) is 0 Å². The predicted molar refractivity (Wildman–Crippen MR) is 65.1 cm³/mol. The second-order valence-electron chi connectivity index (χ2n) is 4.18. The van der Waals surface area contributed by atoms with Gasteiger partial charge in [0.05, 0.1) is 6.54 Å². The lowest BCUT2D eigenvalue weighted by molar-refractivity contribution is 0.0106. The summed E-state index contributed by atoms with van der Waals surface area (Å²) in [6, 6.07) is 8.25. The molecule has 0 aliphatic heterocycles. The maximum atomic E-state index is 13.8. The van der Waals surface area contributed by atoms with Gasteiger partial charge in [-0.3, -0.25) is 0 Å². The minimum absolute atomic E-state index is 0.226. The highest BCUT2D eigenvalue weighted by molar-refractivity contribution is 5.44. The lowest BCUT2D eigenvalue weighted by Gasteiger charge is -2.18. The SMILES string of the molecule is Fc1cc(NCC(F)(F)c2ccccc2)cc(F)c1F. The van der Waals surface area contributed by atoms with Crippen LogP contribution < -0.4 is 5.32 Å². The fraction of sp³-hybridized carbons (Fsp3) is 0.143. The summed E-state index contributed by atoms with van der Waals surface area (Å²) in [6.07, 6.45) is 0. The van der Waals surface area contributed by atoms with Crippen molar-refractivity contribution in [2.75, 3.05) is 11.9 Å². The average molecular weight is 287 g/mol. The largest absolute Gasteiger partial charge is 0.378 e. The van der Waals surface area contributed by atoms with Gasteiger partial charge < -0.3 is 5.32 Å². The zero-order valence-corrected chi connectivity index (χ0v) is 10.1. The smallest absolute Gasteiger partial charge is 0.290 e. The molecule has 2 rings (SSSR count). The van der Waals surface area contributed by atoms with Gasteiger partial charge in [0, 0.05) is 23.4 Å². The summed E-state index contributed by atoms with van der Waals surface area (Å²) in [5.41, 5.74) is -0.479. The van der Waals surface area contributed by atoms with Crippen molar-refractivity contribution >= 4 is 5.69 Å². The summed E-state index contributed by atoms with van der Waals surface area (Å²) in [4.78, 5) is 0. The Morgan fingerprint density at radius 2 is 1.45 bits per heavy atom. The number of hydrogen-bond acceptors (Lipinski definition) is 1. The highest BCUT2D eigenvalue weighted by atomic mass is 19.3. The molecule has 0 spiro atoms. The molecule has 1 N–H and O–H groups in total. The third-order valence-electron chi connectivity index (χ3n) is 2.69. The Bertz CT molecular complexity index is 575. The quantitative estimate of drug-likeness (QED) is 0.652. The maximum Gasteiger partial charge on any atom is 0.290 e. The number of anilines is 1. The first-order valence-corrected chi connectivity index (χ1v) is 5.72. The van der Waals surface area contributed by atoms with Gasteiger partial charge in [0.25, 0.3) is 5.92 Å². The standard InChI is InChI=1S/C14H10F5N/c15-11-6-10(7-12(16)13(11)17)20-8-14(18,19)9-4-2-1-3-5-9/h1-7,20H,8H2. The van der Waals surface area contributed by atoms with E-state index in [0.717, 1.165) is 0 Å². The number of alkyl halides is 2. The molecule has 20 heavy (non-hydrogen) atoms. The van der Waals surface area contributed by atoms with Crippen molar-refractivity contribution in [3.63, 3.8) is 0 Å². The first-order chi connectivity index (χ1) is 9.40. The Morgan fingerprint density at radius 1 is 0.900 bits per heavy atom. The molecule has 1 nitrogen and oxygen atoms in total. The topological polar surface area (TPSA) is 12.0 Å². The van der Waals surface area contributed by atoms with Crippen LogP contribution >= 0.6 is 0 Å². The van der Waals surface area contributed by atoms with Crippen molar-refractivity contribution in [3.05, 3.63) is 65.5 Å². The molecule has 0 saturated carbocycles. The Hall–Kier alpha value is -2.11. The lowest BCUT2D eigenvalue weighted by atomic mass is 10.1. The fourth-order valence-electron chi connectivity index (χ4n) is 1.65. The van der Waals surface area contributed by atoms with Crippen LogP contribution in [0.2, 0.25) is 0 Å². The first-order valence-electron chi connectivity index (χ1n) is 5.72. The van der Waals surface area contributed by atoms with Crippen LogP contribution in [-0.4, -0.2) is 6.54 Å². The van der Waals surface area contributed by atoms with Crippen molar-refractivity contribution in [1.82, 2.24) is 0 Å². The van der Waals surface area contributed by atoms with Gasteiger partial charge in [-0.1, -0.05) is 30.3 Å². The molecule has 0 fully saturated rings. The molecule has 0 saturated heterocycles. The second kappa shape index (κ2) is 5.48. The van der Waals surface area contributed by atoms with E-state index in [2.05, 4.69) is 5.32 Å². The zero-order valence-electron chi connectivity index (χ0n) is 10.1. The molecular weight excluding hydrogens is 277 g/mol. The van der Waals surface area contributed by atoms with Crippen LogP contribution in [0.4, 0.5) is 27.6 Å². The molecule has 106 valence electrons. The third kappa shape index (κ3) is 3.07. The van der Waals surface area contributed by atoms with Crippen LogP contribution in [0.15, 0.2) is 42.5 Å². The minimum Gasteiger partial charge on any atom is -0.378 e. The van der Waals surface area contributed by atoms with Crippen LogP contribution in [-0.2, 0) is 5.92 Å². The van der Waals surface area contributed by atoms with Crippen molar-refractivity contribution in [2.45, 2.75) is 5.92 Å². The molecule has 0 aliphatic rings. The summed E-state index contributed by atoms with van der Waals surface area (Å²) >= 11 is 0. The number of nitrogens with one attached hydrogen (secondary N) is 1. The van der Waals surface area contributed by atoms with E-state index in [1.54, 1.807) is 6.07 Å². The van der Waals surface area contributed by atoms with E-state index in [0.29, 0.717) is 12.1 Å². The van der Waals surface area contributed by atoms with Gasteiger partial charge >= 0.3 is 0 Å². The number of benzene rings is 2. The van der Waals surface area contributed by atoms with Gasteiger partial charge in [-0.25, -0.2) is 13.2 Å². The molecule has 0 atom stereocenters. The molecule has 0 unspecified atom stereocenters. The molecule has 0 aromatic heterocycles. The Labute approximate surface area is 112 Å². The lowest BCUT2D eigenvalue weighted by Crippen LogP contribution is -2.24. The third-order valence-corrected chi connectivity index (χ3v) is 2.69. The summed E-state index contributed by atoms with van der Waals surface area (Å²) in [7, 11) is 0. The van der Waals surface area contributed by atoms with Gasteiger partial charge in [0.15, 0.2) is 17.5 Å². The normalized spacial score (nSPS) is 11.4. The molecule has 0 bridgehead atoms. The van der Waals surface area contributed by atoms with E-state index in [1.807, 2.05) is 0 Å². The molecule has 6 heteroatoms. The average Bonchev–Trinajstić information content (AvgIpc) is 2.43. The minimum atomic E-state index is -3.22. The zero-order chi connectivity index (χ0) is 14.8. The van der Waals surface area contributed by atoms with Crippen molar-refractivity contribution < 1.29 is 22.0 Å². The van der Waals surface area contributed by atoms with Crippen LogP contribution in [0, 0.1) is 17.5 Å². The maximum absolute atomic E-state index is 13.8. The second-order valence-corrected chi connectivity index (χ2v) is 4.18. The number of hydrogen-bond donors (Lipinski definition) is 1. The summed E-state index contributed by atoms with van der Waals surface area (Å²) in [5, 5.41) is 2.20. The van der Waals surface area contributed by atoms with E-state index in [1.165, 1.54) is 24.3 Å². The van der Waals surface area contributed by atoms with Crippen LogP contribution in [0.3, 0.4) is 0 Å². The van der Waals surface area contributed by atoms with Crippen LogP contribution in [0.25, 0.3) is 0 Å². The summed E-state index contributed by atoms with van der Waals surface area (Å²) in [5.74, 6) is -7.72. The predicted octanol–water partition coefficient (Wildman–Crippen LogP) is 4.31. The van der Waals surface area contributed by atoms with Gasteiger partial charge in [-0.15, -0.1) is 0 Å². The summed E-state index contributed by atoms with van der Waals surface area (Å²) < 4.78 is 66.2. The number of rotatable bonds is 4. The van der Waals surface area contributed by atoms with Gasteiger partial charge in [-0.2, -0.15) is 8.78 Å². The molecular formula is C14H10F5N. The van der Waals surface area contributed by atoms with Crippen LogP contribution in [0.1, 0.15) is 5.56 Å². The molecule has 0 aliphatic carbocycles. The Balaban J connectivity index is 2.12. The van der Waals surface area contributed by atoms with E-state index < -0.39 is 29.9 Å². The molecule has 0 amide bonds. The van der Waals surface area contributed by atoms with E-state index >= 15 is 0 Å². The van der Waals surface area contributed by atoms with Gasteiger partial charge in [-0.05, 0) is 0 Å². The molecule has 0 radical (unpaired) electrons. The Morgan fingerprint density at radius 3 is 2.00 bits per heavy atom. The molecule has 2 aromatic rings. The highest BCUT2D eigenvalue weighted by Gasteiger charge is 2.31. The van der Waals surface area contributed by atoms with Crippen LogP contribution in [0.5, 0.6) is 0 Å². The van der Waals surface area contributed by atoms with Crippen molar-refractivity contribution in [3.8, 4) is 0 Å². The monoisotopic (exact) mass is 287 g/mol. The molecule has 2 aromatic carbocycles.